The molecule has 0 aliphatic heterocycles. The molecule has 0 spiro atoms. The maximum atomic E-state index is 12.0. The van der Waals surface area contributed by atoms with E-state index in [4.69, 9.17) is 5.73 Å². The Kier molecular flexibility index (Phi) is 5.08. The number of amides is 1. The lowest BCUT2D eigenvalue weighted by atomic mass is 10.3. The van der Waals surface area contributed by atoms with E-state index in [2.05, 4.69) is 9.72 Å². The minimum atomic E-state index is -0.269. The fourth-order valence-electron chi connectivity index (χ4n) is 1.45. The molecule has 1 amide bonds. The Balaban J connectivity index is 2.51. The number of hydrogen-bond donors (Lipinski definition) is 1. The molecule has 0 bridgehead atoms. The zero-order chi connectivity index (χ0) is 13.7. The smallest absolute Gasteiger partial charge is 0.305 e. The zero-order valence-corrected chi connectivity index (χ0v) is 11.5. The molecule has 0 atom stereocenters. The van der Waals surface area contributed by atoms with Gasteiger partial charge < -0.3 is 15.4 Å². The van der Waals surface area contributed by atoms with Gasteiger partial charge in [-0.15, -0.1) is 0 Å². The highest BCUT2D eigenvalue weighted by Gasteiger charge is 2.18. The molecule has 0 saturated heterocycles. The normalized spacial score (nSPS) is 10.2. The highest BCUT2D eigenvalue weighted by molar-refractivity contribution is 7.17. The van der Waals surface area contributed by atoms with Crippen molar-refractivity contribution in [3.8, 4) is 0 Å². The molecule has 1 aromatic heterocycles. The highest BCUT2D eigenvalue weighted by atomic mass is 32.1. The van der Waals surface area contributed by atoms with Crippen LogP contribution < -0.4 is 5.73 Å². The topological polar surface area (TPSA) is 85.5 Å². The Morgan fingerprint density at radius 2 is 2.17 bits per heavy atom. The molecule has 0 aliphatic rings. The van der Waals surface area contributed by atoms with Crippen LogP contribution in [0.25, 0.3) is 0 Å². The predicted molar refractivity (Wildman–Crippen MR) is 69.5 cm³/mol. The molecule has 0 aromatic carbocycles. The van der Waals surface area contributed by atoms with E-state index in [-0.39, 0.29) is 11.9 Å². The molecular weight excluding hydrogens is 254 g/mol. The molecule has 2 N–H and O–H groups in total. The number of aryl methyl sites for hydroxylation is 1. The van der Waals surface area contributed by atoms with Gasteiger partial charge in [0.05, 0.1) is 12.8 Å². The Hall–Kier alpha value is -1.63. The van der Waals surface area contributed by atoms with Gasteiger partial charge in [-0.25, -0.2) is 4.98 Å². The Morgan fingerprint density at radius 3 is 2.67 bits per heavy atom. The summed E-state index contributed by atoms with van der Waals surface area (Å²) in [7, 11) is 3.04. The predicted octanol–water partition coefficient (Wildman–Crippen LogP) is 1.06. The molecule has 0 fully saturated rings. The number of carbonyl (C=O) groups excluding carboxylic acids is 2. The number of nitrogen functional groups attached to an aromatic ring is 1. The largest absolute Gasteiger partial charge is 0.469 e. The van der Waals surface area contributed by atoms with Crippen LogP contribution in [0.3, 0.4) is 0 Å². The van der Waals surface area contributed by atoms with Crippen LogP contribution in [-0.4, -0.2) is 42.5 Å². The van der Waals surface area contributed by atoms with E-state index in [0.717, 1.165) is 0 Å². The summed E-state index contributed by atoms with van der Waals surface area (Å²) in [5.41, 5.74) is 6.19. The van der Waals surface area contributed by atoms with E-state index >= 15 is 0 Å². The lowest BCUT2D eigenvalue weighted by Crippen LogP contribution is -2.28. The molecule has 0 saturated carbocycles. The first-order chi connectivity index (χ1) is 8.45. The summed E-state index contributed by atoms with van der Waals surface area (Å²) in [5.74, 6) is -0.388. The molecule has 1 rings (SSSR count). The zero-order valence-electron chi connectivity index (χ0n) is 10.7. The second-order valence-electron chi connectivity index (χ2n) is 3.87. The van der Waals surface area contributed by atoms with Gasteiger partial charge in [-0.1, -0.05) is 11.3 Å². The number of esters is 1. The number of nitrogens with two attached hydrogens (primary N) is 1. The van der Waals surface area contributed by atoms with Gasteiger partial charge >= 0.3 is 5.97 Å². The van der Waals surface area contributed by atoms with Crippen molar-refractivity contribution >= 4 is 28.3 Å². The van der Waals surface area contributed by atoms with E-state index < -0.39 is 0 Å². The summed E-state index contributed by atoms with van der Waals surface area (Å²) in [5, 5.41) is 0.388. The molecule has 6 nitrogen and oxygen atoms in total. The van der Waals surface area contributed by atoms with Crippen LogP contribution in [0.1, 0.15) is 28.2 Å². The van der Waals surface area contributed by atoms with Crippen molar-refractivity contribution in [2.24, 2.45) is 0 Å². The SMILES string of the molecule is COC(=O)CCCN(C)C(=O)c1sc(N)nc1C. The maximum Gasteiger partial charge on any atom is 0.305 e. The third-order valence-electron chi connectivity index (χ3n) is 2.46. The first kappa shape index (κ1) is 14.4. The molecule has 100 valence electrons. The van der Waals surface area contributed by atoms with Crippen molar-refractivity contribution in [3.63, 3.8) is 0 Å². The number of thiazole rings is 1. The maximum absolute atomic E-state index is 12.0. The van der Waals surface area contributed by atoms with E-state index in [1.54, 1.807) is 18.9 Å². The third-order valence-corrected chi connectivity index (χ3v) is 3.43. The van der Waals surface area contributed by atoms with E-state index in [0.29, 0.717) is 35.1 Å². The highest BCUT2D eigenvalue weighted by Crippen LogP contribution is 2.21. The number of nitrogens with zero attached hydrogens (tertiary/aromatic N) is 2. The van der Waals surface area contributed by atoms with Gasteiger partial charge in [0.2, 0.25) is 0 Å². The second-order valence-corrected chi connectivity index (χ2v) is 4.90. The van der Waals surface area contributed by atoms with E-state index in [9.17, 15) is 9.59 Å². The van der Waals surface area contributed by atoms with Crippen molar-refractivity contribution in [3.05, 3.63) is 10.6 Å². The number of rotatable bonds is 5. The lowest BCUT2D eigenvalue weighted by Gasteiger charge is -2.15. The van der Waals surface area contributed by atoms with Crippen LogP contribution in [-0.2, 0) is 9.53 Å². The number of anilines is 1. The Bertz CT molecular complexity index is 445. The van der Waals surface area contributed by atoms with Gasteiger partial charge in [-0.05, 0) is 13.3 Å². The van der Waals surface area contributed by atoms with Gasteiger partial charge in [-0.3, -0.25) is 9.59 Å². The molecule has 1 heterocycles. The van der Waals surface area contributed by atoms with Gasteiger partial charge in [0.15, 0.2) is 5.13 Å². The van der Waals surface area contributed by atoms with Crippen molar-refractivity contribution in [1.82, 2.24) is 9.88 Å². The second kappa shape index (κ2) is 6.34. The fourth-order valence-corrected chi connectivity index (χ4v) is 2.28. The summed E-state index contributed by atoms with van der Waals surface area (Å²) < 4.78 is 4.53. The average Bonchev–Trinajstić information content (AvgIpc) is 2.67. The Labute approximate surface area is 110 Å². The fraction of sp³-hybridized carbons (Fsp3) is 0.545. The number of aromatic nitrogens is 1. The minimum absolute atomic E-state index is 0.119. The van der Waals surface area contributed by atoms with Crippen LogP contribution in [0.4, 0.5) is 5.13 Å². The van der Waals surface area contributed by atoms with Crippen molar-refractivity contribution < 1.29 is 14.3 Å². The van der Waals surface area contributed by atoms with Gasteiger partial charge in [0.25, 0.3) is 5.91 Å². The van der Waals surface area contributed by atoms with Crippen LogP contribution in [0, 0.1) is 6.92 Å². The molecule has 18 heavy (non-hydrogen) atoms. The third kappa shape index (κ3) is 3.69. The van der Waals surface area contributed by atoms with E-state index in [1.807, 2.05) is 0 Å². The van der Waals surface area contributed by atoms with Gasteiger partial charge in [0.1, 0.15) is 4.88 Å². The number of carbonyl (C=O) groups is 2. The summed E-state index contributed by atoms with van der Waals surface area (Å²) in [4.78, 5) is 29.1. The first-order valence-corrected chi connectivity index (χ1v) is 6.32. The van der Waals surface area contributed by atoms with Crippen LogP contribution in [0.15, 0.2) is 0 Å². The van der Waals surface area contributed by atoms with Crippen LogP contribution in [0.5, 0.6) is 0 Å². The molecular formula is C11H17N3O3S. The molecule has 0 aliphatic carbocycles. The van der Waals surface area contributed by atoms with Crippen molar-refractivity contribution in [2.45, 2.75) is 19.8 Å². The standard InChI is InChI=1S/C11H17N3O3S/c1-7-9(18-11(12)13-7)10(16)14(2)6-4-5-8(15)17-3/h4-6H2,1-3H3,(H2,12,13). The first-order valence-electron chi connectivity index (χ1n) is 5.51. The number of methoxy groups -OCH3 is 1. The Morgan fingerprint density at radius 1 is 1.50 bits per heavy atom. The average molecular weight is 271 g/mol. The van der Waals surface area contributed by atoms with Crippen LogP contribution in [0.2, 0.25) is 0 Å². The monoisotopic (exact) mass is 271 g/mol. The van der Waals surface area contributed by atoms with Crippen LogP contribution >= 0.6 is 11.3 Å². The van der Waals surface area contributed by atoms with Crippen molar-refractivity contribution in [1.29, 1.82) is 0 Å². The van der Waals surface area contributed by atoms with Gasteiger partial charge in [0, 0.05) is 20.0 Å². The van der Waals surface area contributed by atoms with Crippen molar-refractivity contribution in [2.75, 3.05) is 26.4 Å². The summed E-state index contributed by atoms with van der Waals surface area (Å²) in [6, 6.07) is 0. The molecule has 1 aromatic rings. The summed E-state index contributed by atoms with van der Waals surface area (Å²) >= 11 is 1.18. The lowest BCUT2D eigenvalue weighted by molar-refractivity contribution is -0.140. The summed E-state index contributed by atoms with van der Waals surface area (Å²) in [6.07, 6.45) is 0.875. The summed E-state index contributed by atoms with van der Waals surface area (Å²) in [6.45, 7) is 2.24. The quantitative estimate of drug-likeness (QED) is 0.809. The molecule has 0 unspecified atom stereocenters. The molecule has 0 radical (unpaired) electrons. The minimum Gasteiger partial charge on any atom is -0.469 e. The van der Waals surface area contributed by atoms with Gasteiger partial charge in [-0.2, -0.15) is 0 Å². The van der Waals surface area contributed by atoms with E-state index in [1.165, 1.54) is 18.4 Å². The number of hydrogen-bond acceptors (Lipinski definition) is 6. The number of ether oxygens (including phenoxy) is 1. The molecule has 7 heteroatoms.